The van der Waals surface area contributed by atoms with Crippen molar-refractivity contribution in [3.05, 3.63) is 58.6 Å². The number of aromatic nitrogens is 1. The second-order valence-electron chi connectivity index (χ2n) is 7.16. The quantitative estimate of drug-likeness (QED) is 0.559. The summed E-state index contributed by atoms with van der Waals surface area (Å²) in [6.07, 6.45) is 1.41. The van der Waals surface area contributed by atoms with Gasteiger partial charge in [-0.25, -0.2) is 4.98 Å². The molecule has 2 N–H and O–H groups in total. The van der Waals surface area contributed by atoms with Gasteiger partial charge < -0.3 is 19.5 Å². The van der Waals surface area contributed by atoms with Crippen molar-refractivity contribution >= 4 is 34.0 Å². The van der Waals surface area contributed by atoms with Crippen LogP contribution in [-0.2, 0) is 11.2 Å². The zero-order valence-electron chi connectivity index (χ0n) is 17.9. The van der Waals surface area contributed by atoms with Crippen LogP contribution in [0.4, 0.5) is 10.8 Å². The first kappa shape index (κ1) is 21.6. The maximum absolute atomic E-state index is 13.0. The monoisotopic (exact) mass is 453 g/mol. The van der Waals surface area contributed by atoms with Gasteiger partial charge in [-0.3, -0.25) is 14.9 Å². The highest BCUT2D eigenvalue weighted by Gasteiger charge is 2.33. The summed E-state index contributed by atoms with van der Waals surface area (Å²) in [5.41, 5.74) is 1.78. The van der Waals surface area contributed by atoms with E-state index in [9.17, 15) is 9.59 Å². The van der Waals surface area contributed by atoms with Crippen LogP contribution in [0.3, 0.4) is 0 Å². The Morgan fingerprint density at radius 3 is 2.38 bits per heavy atom. The van der Waals surface area contributed by atoms with E-state index in [1.165, 1.54) is 18.4 Å². The minimum Gasteiger partial charge on any atom is -0.497 e. The van der Waals surface area contributed by atoms with Crippen LogP contribution in [0.25, 0.3) is 0 Å². The number of ether oxygens (including phenoxy) is 3. The number of benzene rings is 2. The van der Waals surface area contributed by atoms with Crippen LogP contribution in [0.15, 0.2) is 42.5 Å². The molecule has 8 nitrogen and oxygen atoms in total. The van der Waals surface area contributed by atoms with Gasteiger partial charge in [-0.15, -0.1) is 11.3 Å². The largest absolute Gasteiger partial charge is 0.497 e. The lowest BCUT2D eigenvalue weighted by Gasteiger charge is -2.14. The van der Waals surface area contributed by atoms with Gasteiger partial charge in [0.1, 0.15) is 17.2 Å². The minimum atomic E-state index is -0.389. The molecule has 1 aromatic heterocycles. The Balaban J connectivity index is 1.46. The topological polar surface area (TPSA) is 98.8 Å². The van der Waals surface area contributed by atoms with E-state index in [4.69, 9.17) is 14.2 Å². The predicted molar refractivity (Wildman–Crippen MR) is 122 cm³/mol. The molecule has 9 heteroatoms. The molecule has 166 valence electrons. The molecule has 32 heavy (non-hydrogen) atoms. The first-order valence-corrected chi connectivity index (χ1v) is 10.8. The van der Waals surface area contributed by atoms with Crippen molar-refractivity contribution in [3.63, 3.8) is 0 Å². The molecule has 1 aliphatic rings. The van der Waals surface area contributed by atoms with E-state index in [1.54, 1.807) is 56.7 Å². The van der Waals surface area contributed by atoms with Crippen LogP contribution in [0, 0.1) is 0 Å². The summed E-state index contributed by atoms with van der Waals surface area (Å²) in [6.45, 7) is 0. The minimum absolute atomic E-state index is 0.162. The van der Waals surface area contributed by atoms with Crippen LogP contribution in [-0.4, -0.2) is 38.1 Å². The van der Waals surface area contributed by atoms with Gasteiger partial charge in [0.15, 0.2) is 5.13 Å². The molecule has 1 heterocycles. The smallest absolute Gasteiger partial charge is 0.257 e. The number of anilines is 2. The summed E-state index contributed by atoms with van der Waals surface area (Å²) in [4.78, 5) is 31.1. The lowest BCUT2D eigenvalue weighted by molar-refractivity contribution is -0.117. The highest BCUT2D eigenvalue weighted by molar-refractivity contribution is 7.16. The first-order chi connectivity index (χ1) is 15.5. The fourth-order valence-electron chi connectivity index (χ4n) is 3.57. The molecule has 2 amide bonds. The van der Waals surface area contributed by atoms with E-state index < -0.39 is 0 Å². The number of hydrogen-bond acceptors (Lipinski definition) is 7. The molecule has 0 spiro atoms. The van der Waals surface area contributed by atoms with Gasteiger partial charge in [0.2, 0.25) is 5.91 Å². The maximum Gasteiger partial charge on any atom is 0.257 e. The normalized spacial score (nSPS) is 14.4. The van der Waals surface area contributed by atoms with Crippen LogP contribution in [0.5, 0.6) is 17.2 Å². The molecule has 1 atom stereocenters. The fourth-order valence-corrected chi connectivity index (χ4v) is 4.60. The molecule has 2 aromatic carbocycles. The highest BCUT2D eigenvalue weighted by atomic mass is 32.1. The third kappa shape index (κ3) is 4.38. The van der Waals surface area contributed by atoms with Crippen molar-refractivity contribution in [2.45, 2.75) is 18.8 Å². The third-order valence-electron chi connectivity index (χ3n) is 5.27. The molecule has 0 radical (unpaired) electrons. The molecule has 4 rings (SSSR count). The Kier molecular flexibility index (Phi) is 6.27. The number of methoxy groups -OCH3 is 3. The Morgan fingerprint density at radius 2 is 1.69 bits per heavy atom. The van der Waals surface area contributed by atoms with E-state index in [1.807, 2.05) is 0 Å². The average molecular weight is 454 g/mol. The molecule has 0 bridgehead atoms. The average Bonchev–Trinajstić information content (AvgIpc) is 3.39. The number of rotatable bonds is 7. The summed E-state index contributed by atoms with van der Waals surface area (Å²) in [7, 11) is 4.68. The van der Waals surface area contributed by atoms with E-state index in [-0.39, 0.29) is 17.7 Å². The van der Waals surface area contributed by atoms with Crippen molar-refractivity contribution < 1.29 is 23.8 Å². The highest BCUT2D eigenvalue weighted by Crippen LogP contribution is 2.40. The number of hydrogen-bond donors (Lipinski definition) is 2. The van der Waals surface area contributed by atoms with Gasteiger partial charge in [0, 0.05) is 16.5 Å². The van der Waals surface area contributed by atoms with Gasteiger partial charge in [-0.05, 0) is 49.2 Å². The summed E-state index contributed by atoms with van der Waals surface area (Å²) in [5, 5.41) is 6.24. The van der Waals surface area contributed by atoms with Crippen molar-refractivity contribution in [2.24, 2.45) is 0 Å². The lowest BCUT2D eigenvalue weighted by Crippen LogP contribution is -2.20. The molecule has 0 saturated heterocycles. The van der Waals surface area contributed by atoms with Crippen LogP contribution < -0.4 is 24.8 Å². The Morgan fingerprint density at radius 1 is 0.969 bits per heavy atom. The number of nitrogens with one attached hydrogen (secondary N) is 2. The third-order valence-corrected chi connectivity index (χ3v) is 6.32. The second-order valence-corrected chi connectivity index (χ2v) is 8.24. The molecule has 0 fully saturated rings. The van der Waals surface area contributed by atoms with Crippen molar-refractivity contribution in [1.82, 2.24) is 4.98 Å². The Hall–Kier alpha value is -3.59. The van der Waals surface area contributed by atoms with Gasteiger partial charge in [0.05, 0.1) is 38.6 Å². The summed E-state index contributed by atoms with van der Waals surface area (Å²) >= 11 is 1.40. The predicted octanol–water partition coefficient (Wildman–Crippen LogP) is 4.09. The van der Waals surface area contributed by atoms with Crippen LogP contribution in [0.1, 0.15) is 33.3 Å². The van der Waals surface area contributed by atoms with E-state index in [0.717, 1.165) is 11.3 Å². The molecule has 3 aromatic rings. The van der Waals surface area contributed by atoms with Crippen LogP contribution in [0.2, 0.25) is 0 Å². The van der Waals surface area contributed by atoms with E-state index in [0.29, 0.717) is 45.7 Å². The van der Waals surface area contributed by atoms with Crippen molar-refractivity contribution in [1.29, 1.82) is 0 Å². The number of amides is 2. The fraction of sp³-hybridized carbons (Fsp3) is 0.261. The van der Waals surface area contributed by atoms with Gasteiger partial charge in [0.25, 0.3) is 5.91 Å². The zero-order chi connectivity index (χ0) is 22.7. The van der Waals surface area contributed by atoms with Gasteiger partial charge >= 0.3 is 0 Å². The molecule has 1 aliphatic carbocycles. The molecule has 1 unspecified atom stereocenters. The first-order valence-electron chi connectivity index (χ1n) is 10.00. The summed E-state index contributed by atoms with van der Waals surface area (Å²) in [5.74, 6) is 1.02. The second kappa shape index (κ2) is 9.27. The standard InChI is InChI=1S/C23H23N3O5S/c1-29-14-6-4-13(5-7-14)21(27)26-23-25-20-16(9-11-19(20)32-23)22(28)24-17-10-8-15(30-2)12-18(17)31-3/h4-8,10,12,16H,9,11H2,1-3H3,(H,24,28)(H,25,26,27). The molecule has 0 aliphatic heterocycles. The van der Waals surface area contributed by atoms with Gasteiger partial charge in [-0.2, -0.15) is 0 Å². The molecular formula is C23H23N3O5S. The molecular weight excluding hydrogens is 430 g/mol. The zero-order valence-corrected chi connectivity index (χ0v) is 18.7. The van der Waals surface area contributed by atoms with Gasteiger partial charge in [-0.1, -0.05) is 0 Å². The Labute approximate surface area is 189 Å². The van der Waals surface area contributed by atoms with Crippen molar-refractivity contribution in [2.75, 3.05) is 32.0 Å². The number of aryl methyl sites for hydroxylation is 1. The number of thiazole rings is 1. The summed E-state index contributed by atoms with van der Waals surface area (Å²) < 4.78 is 15.7. The number of carbonyl (C=O) groups excluding carboxylic acids is 2. The van der Waals surface area contributed by atoms with Crippen molar-refractivity contribution in [3.8, 4) is 17.2 Å². The maximum atomic E-state index is 13.0. The van der Waals surface area contributed by atoms with E-state index >= 15 is 0 Å². The number of fused-ring (bicyclic) bond motifs is 1. The lowest BCUT2D eigenvalue weighted by atomic mass is 10.1. The van der Waals surface area contributed by atoms with E-state index in [2.05, 4.69) is 15.6 Å². The number of carbonyl (C=O) groups is 2. The Bertz CT molecular complexity index is 1140. The SMILES string of the molecule is COc1ccc(C(=O)Nc2nc3c(s2)CCC3C(=O)Nc2ccc(OC)cc2OC)cc1. The molecule has 0 saturated carbocycles. The number of nitrogens with zero attached hydrogens (tertiary/aromatic N) is 1. The summed E-state index contributed by atoms with van der Waals surface area (Å²) in [6, 6.07) is 12.0. The van der Waals surface area contributed by atoms with Crippen LogP contribution >= 0.6 is 11.3 Å².